The van der Waals surface area contributed by atoms with Crippen molar-refractivity contribution in [3.05, 3.63) is 30.7 Å². The minimum atomic E-state index is -2.49. The van der Waals surface area contributed by atoms with E-state index in [1.165, 1.54) is 15.4 Å². The maximum atomic E-state index is 12.7. The monoisotopic (exact) mass is 475 g/mol. The van der Waals surface area contributed by atoms with Gasteiger partial charge in [0.1, 0.15) is 17.2 Å². The fraction of sp³-hybridized carbons (Fsp3) is 0.429. The molecule has 180 valence electrons. The Balaban J connectivity index is 0.000000200. The van der Waals surface area contributed by atoms with Crippen molar-refractivity contribution >= 4 is 28.4 Å². The van der Waals surface area contributed by atoms with E-state index in [4.69, 9.17) is 16.2 Å². The van der Waals surface area contributed by atoms with Crippen LogP contribution in [0, 0.1) is 0 Å². The summed E-state index contributed by atoms with van der Waals surface area (Å²) < 4.78 is 45.8. The standard InChI is InChI=1S/C14H12F2N8.C7H12FNO/c15-10(16)5-23-6-19-9-2-1-8(20-13(9)23)7-3-4-24-11(7)12(17)21-14(18)22-24;8-6-1-2-9(3-6)7-4-10-5-7/h1-4,6,10H,5H2,(H4,17,18,21,22);6-7H,1-5H2/t;6-/m.1/s1. The molecule has 0 bridgehead atoms. The topological polar surface area (TPSA) is 125 Å². The predicted octanol–water partition coefficient (Wildman–Crippen LogP) is 2.00. The number of hydrogen-bond donors (Lipinski definition) is 2. The summed E-state index contributed by atoms with van der Waals surface area (Å²) in [7, 11) is 0. The molecule has 0 aromatic carbocycles. The van der Waals surface area contributed by atoms with Crippen molar-refractivity contribution in [3.63, 3.8) is 0 Å². The van der Waals surface area contributed by atoms with Crippen molar-refractivity contribution in [1.29, 1.82) is 0 Å². The number of nitrogens with two attached hydrogens (primary N) is 2. The number of fused-ring (bicyclic) bond motifs is 2. The van der Waals surface area contributed by atoms with Crippen LogP contribution in [0.25, 0.3) is 27.9 Å². The molecule has 2 fully saturated rings. The van der Waals surface area contributed by atoms with Crippen LogP contribution in [0.15, 0.2) is 30.7 Å². The Morgan fingerprint density at radius 2 is 1.97 bits per heavy atom. The fourth-order valence-corrected chi connectivity index (χ4v) is 4.16. The molecule has 0 spiro atoms. The number of hydrogen-bond acceptors (Lipinski definition) is 8. The summed E-state index contributed by atoms with van der Waals surface area (Å²) in [4.78, 5) is 14.7. The fourth-order valence-electron chi connectivity index (χ4n) is 4.16. The Kier molecular flexibility index (Phi) is 5.96. The van der Waals surface area contributed by atoms with Gasteiger partial charge >= 0.3 is 0 Å². The van der Waals surface area contributed by atoms with Crippen LogP contribution in [0.3, 0.4) is 0 Å². The van der Waals surface area contributed by atoms with E-state index in [9.17, 15) is 13.2 Å². The molecule has 4 aromatic rings. The SMILES string of the molecule is F[C@@H]1CCN(C2COC2)C1.Nc1nc(N)c2c(-c3ccc4ncn(CC(F)F)c4n3)ccn2n1. The quantitative estimate of drug-likeness (QED) is 0.459. The third-order valence-corrected chi connectivity index (χ3v) is 5.93. The first-order chi connectivity index (χ1) is 16.4. The van der Waals surface area contributed by atoms with Gasteiger partial charge in [-0.3, -0.25) is 4.90 Å². The zero-order chi connectivity index (χ0) is 23.8. The van der Waals surface area contributed by atoms with Gasteiger partial charge in [-0.05, 0) is 24.6 Å². The number of ether oxygens (including phenoxy) is 1. The van der Waals surface area contributed by atoms with Crippen molar-refractivity contribution in [2.75, 3.05) is 37.8 Å². The van der Waals surface area contributed by atoms with Gasteiger partial charge < -0.3 is 20.8 Å². The first-order valence-electron chi connectivity index (χ1n) is 10.9. The van der Waals surface area contributed by atoms with E-state index in [-0.39, 0.29) is 11.8 Å². The van der Waals surface area contributed by atoms with Crippen molar-refractivity contribution in [2.45, 2.75) is 31.6 Å². The molecule has 0 saturated carbocycles. The minimum Gasteiger partial charge on any atom is -0.382 e. The Hall–Kier alpha value is -3.45. The molecule has 2 aliphatic heterocycles. The van der Waals surface area contributed by atoms with Crippen molar-refractivity contribution in [2.24, 2.45) is 0 Å². The highest BCUT2D eigenvalue weighted by atomic mass is 19.3. The molecule has 4 aromatic heterocycles. The molecule has 0 aliphatic carbocycles. The zero-order valence-electron chi connectivity index (χ0n) is 18.2. The third-order valence-electron chi connectivity index (χ3n) is 5.93. The lowest BCUT2D eigenvalue weighted by atomic mass is 10.2. The van der Waals surface area contributed by atoms with Crippen molar-refractivity contribution in [1.82, 2.24) is 34.0 Å². The summed E-state index contributed by atoms with van der Waals surface area (Å²) in [5.74, 6) is 0.269. The summed E-state index contributed by atoms with van der Waals surface area (Å²) in [6, 6.07) is 5.76. The van der Waals surface area contributed by atoms with E-state index in [1.807, 2.05) is 0 Å². The Morgan fingerprint density at radius 3 is 2.65 bits per heavy atom. The van der Waals surface area contributed by atoms with Crippen molar-refractivity contribution < 1.29 is 17.9 Å². The molecule has 6 heterocycles. The average molecular weight is 475 g/mol. The number of halogens is 3. The van der Waals surface area contributed by atoms with Crippen LogP contribution in [-0.4, -0.2) is 79.0 Å². The number of pyridine rings is 1. The van der Waals surface area contributed by atoms with Crippen LogP contribution in [0.2, 0.25) is 0 Å². The van der Waals surface area contributed by atoms with E-state index in [1.54, 1.807) is 24.4 Å². The number of alkyl halides is 3. The Bertz CT molecular complexity index is 1300. The van der Waals surface area contributed by atoms with Gasteiger partial charge in [-0.1, -0.05) is 0 Å². The first kappa shape index (κ1) is 22.3. The second-order valence-corrected chi connectivity index (χ2v) is 8.28. The molecular formula is C21H24F3N9O. The smallest absolute Gasteiger partial charge is 0.256 e. The molecule has 1 atom stereocenters. The number of nitrogens with zero attached hydrogens (tertiary/aromatic N) is 7. The molecule has 4 N–H and O–H groups in total. The molecule has 34 heavy (non-hydrogen) atoms. The highest BCUT2D eigenvalue weighted by Gasteiger charge is 2.32. The van der Waals surface area contributed by atoms with E-state index in [2.05, 4.69) is 25.0 Å². The number of likely N-dealkylation sites (tertiary alicyclic amines) is 1. The van der Waals surface area contributed by atoms with Crippen LogP contribution in [-0.2, 0) is 11.3 Å². The Morgan fingerprint density at radius 1 is 1.15 bits per heavy atom. The summed E-state index contributed by atoms with van der Waals surface area (Å²) >= 11 is 0. The third kappa shape index (κ3) is 4.35. The normalized spacial score (nSPS) is 19.0. The molecule has 6 rings (SSSR count). The van der Waals surface area contributed by atoms with Gasteiger partial charge in [0.2, 0.25) is 5.95 Å². The number of nitrogen functional groups attached to an aromatic ring is 2. The summed E-state index contributed by atoms with van der Waals surface area (Å²) in [6.07, 6.45) is 0.678. The van der Waals surface area contributed by atoms with Gasteiger partial charge in [-0.25, -0.2) is 27.7 Å². The highest BCUT2D eigenvalue weighted by molar-refractivity contribution is 5.88. The first-order valence-corrected chi connectivity index (χ1v) is 10.9. The zero-order valence-corrected chi connectivity index (χ0v) is 18.2. The number of imidazole rings is 1. The van der Waals surface area contributed by atoms with Crippen molar-refractivity contribution in [3.8, 4) is 11.3 Å². The molecule has 10 nitrogen and oxygen atoms in total. The number of anilines is 2. The molecule has 0 unspecified atom stereocenters. The van der Waals surface area contributed by atoms with Gasteiger partial charge in [-0.15, -0.1) is 5.10 Å². The summed E-state index contributed by atoms with van der Waals surface area (Å²) in [5, 5.41) is 4.05. The van der Waals surface area contributed by atoms with Gasteiger partial charge in [0.05, 0.1) is 37.8 Å². The van der Waals surface area contributed by atoms with Crippen LogP contribution < -0.4 is 11.5 Å². The lowest BCUT2D eigenvalue weighted by Crippen LogP contribution is -2.47. The van der Waals surface area contributed by atoms with Gasteiger partial charge in [0, 0.05) is 24.8 Å². The maximum Gasteiger partial charge on any atom is 0.256 e. The lowest BCUT2D eigenvalue weighted by Gasteiger charge is -2.34. The van der Waals surface area contributed by atoms with Gasteiger partial charge in [0.15, 0.2) is 11.5 Å². The second-order valence-electron chi connectivity index (χ2n) is 8.28. The van der Waals surface area contributed by atoms with E-state index >= 15 is 0 Å². The Labute approximate surface area is 192 Å². The van der Waals surface area contributed by atoms with Crippen LogP contribution >= 0.6 is 0 Å². The highest BCUT2D eigenvalue weighted by Crippen LogP contribution is 2.28. The molecule has 0 amide bonds. The van der Waals surface area contributed by atoms with Crippen LogP contribution in [0.5, 0.6) is 0 Å². The largest absolute Gasteiger partial charge is 0.382 e. The summed E-state index contributed by atoms with van der Waals surface area (Å²) in [5.41, 5.74) is 14.2. The number of aromatic nitrogens is 6. The van der Waals surface area contributed by atoms with Crippen LogP contribution in [0.4, 0.5) is 24.9 Å². The molecule has 2 aliphatic rings. The molecular weight excluding hydrogens is 451 g/mol. The molecule has 2 saturated heterocycles. The van der Waals surface area contributed by atoms with Gasteiger partial charge in [0.25, 0.3) is 6.43 Å². The van der Waals surface area contributed by atoms with E-state index in [0.29, 0.717) is 40.5 Å². The average Bonchev–Trinajstić information content (AvgIpc) is 3.46. The van der Waals surface area contributed by atoms with E-state index in [0.717, 1.165) is 26.2 Å². The molecule has 0 radical (unpaired) electrons. The van der Waals surface area contributed by atoms with Gasteiger partial charge in [-0.2, -0.15) is 4.98 Å². The summed E-state index contributed by atoms with van der Waals surface area (Å²) in [6.45, 7) is 2.72. The van der Waals surface area contributed by atoms with Crippen LogP contribution in [0.1, 0.15) is 6.42 Å². The minimum absolute atomic E-state index is 0.0561. The van der Waals surface area contributed by atoms with E-state index < -0.39 is 19.1 Å². The molecule has 13 heteroatoms. The predicted molar refractivity (Wildman–Crippen MR) is 120 cm³/mol. The second kappa shape index (κ2) is 9.06. The number of rotatable bonds is 4. The lowest BCUT2D eigenvalue weighted by molar-refractivity contribution is -0.0584. The maximum absolute atomic E-state index is 12.7.